The third-order valence-corrected chi connectivity index (χ3v) is 3.50. The number of ether oxygens (including phenoxy) is 1. The second kappa shape index (κ2) is 5.71. The first-order valence-corrected chi connectivity index (χ1v) is 6.55. The summed E-state index contributed by atoms with van der Waals surface area (Å²) in [5.74, 6) is 0.190. The lowest BCUT2D eigenvalue weighted by Crippen LogP contribution is -2.23. The lowest BCUT2D eigenvalue weighted by molar-refractivity contribution is 0.0948. The maximum atomic E-state index is 12.1. The van der Waals surface area contributed by atoms with Crippen LogP contribution in [0.5, 0.6) is 5.75 Å². The van der Waals surface area contributed by atoms with E-state index in [1.54, 1.807) is 35.7 Å². The molecule has 0 saturated carbocycles. The van der Waals surface area contributed by atoms with Gasteiger partial charge in [0.25, 0.3) is 5.91 Å². The van der Waals surface area contributed by atoms with Gasteiger partial charge in [-0.3, -0.25) is 4.79 Å². The highest BCUT2D eigenvalue weighted by molar-refractivity contribution is 7.11. The standard InChI is InChI=1S/C13H15N3O2S/c1-8-15-6-9(19-8)7-16-13(17)10-4-3-5-11(14)12(10)18-2/h3-6H,7,14H2,1-2H3,(H,16,17). The summed E-state index contributed by atoms with van der Waals surface area (Å²) in [5.41, 5.74) is 6.65. The maximum absolute atomic E-state index is 12.1. The van der Waals surface area contributed by atoms with Crippen LogP contribution in [0.15, 0.2) is 24.4 Å². The number of nitrogens with zero attached hydrogens (tertiary/aromatic N) is 1. The molecule has 19 heavy (non-hydrogen) atoms. The van der Waals surface area contributed by atoms with Gasteiger partial charge >= 0.3 is 0 Å². The fourth-order valence-corrected chi connectivity index (χ4v) is 2.45. The molecule has 5 nitrogen and oxygen atoms in total. The van der Waals surface area contributed by atoms with Crippen LogP contribution in [0.1, 0.15) is 20.2 Å². The van der Waals surface area contributed by atoms with Crippen LogP contribution in [0, 0.1) is 6.92 Å². The molecule has 1 aromatic heterocycles. The summed E-state index contributed by atoms with van der Waals surface area (Å²) in [6.07, 6.45) is 1.76. The molecular formula is C13H15N3O2S. The van der Waals surface area contributed by atoms with Gasteiger partial charge in [-0.05, 0) is 19.1 Å². The second-order valence-corrected chi connectivity index (χ2v) is 5.28. The normalized spacial score (nSPS) is 10.2. The second-order valence-electron chi connectivity index (χ2n) is 3.96. The number of nitrogen functional groups attached to an aromatic ring is 1. The fraction of sp³-hybridized carbons (Fsp3) is 0.231. The summed E-state index contributed by atoms with van der Waals surface area (Å²) in [5, 5.41) is 3.80. The summed E-state index contributed by atoms with van der Waals surface area (Å²) in [7, 11) is 1.50. The maximum Gasteiger partial charge on any atom is 0.255 e. The molecule has 0 aliphatic carbocycles. The molecule has 0 saturated heterocycles. The van der Waals surface area contributed by atoms with Crippen LogP contribution >= 0.6 is 11.3 Å². The first kappa shape index (κ1) is 13.4. The number of hydrogen-bond acceptors (Lipinski definition) is 5. The third kappa shape index (κ3) is 3.03. The van der Waals surface area contributed by atoms with Crippen molar-refractivity contribution in [1.82, 2.24) is 10.3 Å². The number of nitrogens with one attached hydrogen (secondary N) is 1. The van der Waals surface area contributed by atoms with Gasteiger partial charge in [0, 0.05) is 11.1 Å². The topological polar surface area (TPSA) is 77.2 Å². The van der Waals surface area contributed by atoms with Crippen molar-refractivity contribution in [3.05, 3.63) is 39.8 Å². The minimum atomic E-state index is -0.213. The molecule has 1 aromatic carbocycles. The largest absolute Gasteiger partial charge is 0.494 e. The number of amides is 1. The molecule has 0 aliphatic heterocycles. The zero-order valence-electron chi connectivity index (χ0n) is 10.8. The minimum Gasteiger partial charge on any atom is -0.494 e. The van der Waals surface area contributed by atoms with E-state index >= 15 is 0 Å². The Morgan fingerprint density at radius 1 is 1.53 bits per heavy atom. The first-order chi connectivity index (χ1) is 9.11. The van der Waals surface area contributed by atoms with Gasteiger partial charge in [-0.25, -0.2) is 4.98 Å². The lowest BCUT2D eigenvalue weighted by Gasteiger charge is -2.10. The third-order valence-electron chi connectivity index (χ3n) is 2.59. The summed E-state index contributed by atoms with van der Waals surface area (Å²) in [4.78, 5) is 17.2. The van der Waals surface area contributed by atoms with Gasteiger partial charge in [-0.15, -0.1) is 11.3 Å². The highest BCUT2D eigenvalue weighted by Crippen LogP contribution is 2.25. The van der Waals surface area contributed by atoms with Crippen LogP contribution in [0.3, 0.4) is 0 Å². The Kier molecular flexibility index (Phi) is 4.01. The molecule has 3 N–H and O–H groups in total. The Morgan fingerprint density at radius 3 is 2.95 bits per heavy atom. The summed E-state index contributed by atoms with van der Waals surface area (Å²) in [6, 6.07) is 5.11. The molecule has 0 bridgehead atoms. The molecule has 1 amide bonds. The number of hydrogen-bond donors (Lipinski definition) is 2. The van der Waals surface area contributed by atoms with Crippen molar-refractivity contribution < 1.29 is 9.53 Å². The Labute approximate surface area is 115 Å². The number of rotatable bonds is 4. The van der Waals surface area contributed by atoms with E-state index in [1.165, 1.54) is 7.11 Å². The van der Waals surface area contributed by atoms with Crippen LogP contribution in [-0.4, -0.2) is 18.0 Å². The number of thiazole rings is 1. The van der Waals surface area contributed by atoms with Gasteiger partial charge in [-0.1, -0.05) is 6.07 Å². The lowest BCUT2D eigenvalue weighted by atomic mass is 10.1. The SMILES string of the molecule is COc1c(N)cccc1C(=O)NCc1cnc(C)s1. The van der Waals surface area contributed by atoms with E-state index in [0.717, 1.165) is 9.88 Å². The van der Waals surface area contributed by atoms with Crippen molar-refractivity contribution in [2.45, 2.75) is 13.5 Å². The fourth-order valence-electron chi connectivity index (χ4n) is 1.71. The number of carbonyl (C=O) groups is 1. The molecule has 0 atom stereocenters. The van der Waals surface area contributed by atoms with Crippen molar-refractivity contribution in [1.29, 1.82) is 0 Å². The van der Waals surface area contributed by atoms with Gasteiger partial charge < -0.3 is 15.8 Å². The minimum absolute atomic E-state index is 0.213. The van der Waals surface area contributed by atoms with E-state index in [-0.39, 0.29) is 5.91 Å². The van der Waals surface area contributed by atoms with Gasteiger partial charge in [0.2, 0.25) is 0 Å². The molecule has 2 rings (SSSR count). The molecule has 6 heteroatoms. The number of methoxy groups -OCH3 is 1. The Bertz CT molecular complexity index is 595. The zero-order valence-corrected chi connectivity index (χ0v) is 11.6. The summed E-state index contributed by atoms with van der Waals surface area (Å²) in [6.45, 7) is 2.37. The monoisotopic (exact) mass is 277 g/mol. The Hall–Kier alpha value is -2.08. The molecule has 2 aromatic rings. The number of para-hydroxylation sites is 1. The van der Waals surface area contributed by atoms with E-state index in [1.807, 2.05) is 6.92 Å². The number of nitrogens with two attached hydrogens (primary N) is 1. The first-order valence-electron chi connectivity index (χ1n) is 5.74. The molecule has 1 heterocycles. The predicted octanol–water partition coefficient (Wildman–Crippen LogP) is 1.97. The van der Waals surface area contributed by atoms with E-state index in [9.17, 15) is 4.79 Å². The van der Waals surface area contributed by atoms with E-state index in [0.29, 0.717) is 23.5 Å². The van der Waals surface area contributed by atoms with Crippen molar-refractivity contribution in [3.8, 4) is 5.75 Å². The van der Waals surface area contributed by atoms with Crippen molar-refractivity contribution in [2.75, 3.05) is 12.8 Å². The number of anilines is 1. The van der Waals surface area contributed by atoms with Crippen LogP contribution < -0.4 is 15.8 Å². The number of aryl methyl sites for hydroxylation is 1. The van der Waals surface area contributed by atoms with E-state index in [2.05, 4.69) is 10.3 Å². The number of carbonyl (C=O) groups excluding carboxylic acids is 1. The van der Waals surface area contributed by atoms with Crippen molar-refractivity contribution in [3.63, 3.8) is 0 Å². The van der Waals surface area contributed by atoms with Crippen LogP contribution in [0.4, 0.5) is 5.69 Å². The van der Waals surface area contributed by atoms with E-state index in [4.69, 9.17) is 10.5 Å². The molecule has 0 spiro atoms. The molecule has 0 fully saturated rings. The average Bonchev–Trinajstić information content (AvgIpc) is 2.81. The van der Waals surface area contributed by atoms with Crippen molar-refractivity contribution in [2.24, 2.45) is 0 Å². The van der Waals surface area contributed by atoms with Gasteiger partial charge in [0.15, 0.2) is 5.75 Å². The van der Waals surface area contributed by atoms with Crippen LogP contribution in [-0.2, 0) is 6.54 Å². The highest BCUT2D eigenvalue weighted by atomic mass is 32.1. The van der Waals surface area contributed by atoms with E-state index < -0.39 is 0 Å². The molecule has 0 unspecified atom stereocenters. The van der Waals surface area contributed by atoms with Gasteiger partial charge in [0.1, 0.15) is 0 Å². The summed E-state index contributed by atoms with van der Waals surface area (Å²) < 4.78 is 5.16. The number of benzene rings is 1. The Balaban J connectivity index is 2.10. The Morgan fingerprint density at radius 2 is 2.32 bits per heavy atom. The molecule has 100 valence electrons. The quantitative estimate of drug-likeness (QED) is 0.838. The summed E-state index contributed by atoms with van der Waals surface area (Å²) >= 11 is 1.56. The van der Waals surface area contributed by atoms with Crippen LogP contribution in [0.25, 0.3) is 0 Å². The number of aromatic nitrogens is 1. The molecule has 0 aliphatic rings. The smallest absolute Gasteiger partial charge is 0.255 e. The average molecular weight is 277 g/mol. The molecular weight excluding hydrogens is 262 g/mol. The van der Waals surface area contributed by atoms with Gasteiger partial charge in [0.05, 0.1) is 29.9 Å². The van der Waals surface area contributed by atoms with Gasteiger partial charge in [-0.2, -0.15) is 0 Å². The highest BCUT2D eigenvalue weighted by Gasteiger charge is 2.14. The van der Waals surface area contributed by atoms with Crippen molar-refractivity contribution >= 4 is 22.9 Å². The van der Waals surface area contributed by atoms with Crippen LogP contribution in [0.2, 0.25) is 0 Å². The molecule has 0 radical (unpaired) electrons. The zero-order chi connectivity index (χ0) is 13.8. The predicted molar refractivity (Wildman–Crippen MR) is 75.4 cm³/mol.